The Balaban J connectivity index is 1.13. The van der Waals surface area contributed by atoms with Crippen molar-refractivity contribution in [3.05, 3.63) is 167 Å². The van der Waals surface area contributed by atoms with Crippen LogP contribution in [0.2, 0.25) is 0 Å². The Labute approximate surface area is 259 Å². The zero-order valence-corrected chi connectivity index (χ0v) is 24.7. The lowest BCUT2D eigenvalue weighted by Gasteiger charge is -2.36. The van der Waals surface area contributed by atoms with E-state index in [4.69, 9.17) is 0 Å². The Hall–Kier alpha value is -4.88. The van der Waals surface area contributed by atoms with Crippen LogP contribution in [0.3, 0.4) is 0 Å². The van der Waals surface area contributed by atoms with E-state index < -0.39 is 0 Å². The maximum Gasteiger partial charge on any atom is 0.0726 e. The fraction of sp³-hybridized carbons (Fsp3) is 0.163. The van der Waals surface area contributed by atoms with Crippen molar-refractivity contribution in [3.8, 4) is 33.4 Å². The number of hydrogen-bond acceptors (Lipinski definition) is 1. The van der Waals surface area contributed by atoms with Gasteiger partial charge in [0.15, 0.2) is 0 Å². The second kappa shape index (κ2) is 8.83. The molecule has 0 bridgehead atoms. The van der Waals surface area contributed by atoms with Gasteiger partial charge in [-0.2, -0.15) is 0 Å². The van der Waals surface area contributed by atoms with Crippen molar-refractivity contribution in [2.24, 2.45) is 0 Å². The molecule has 0 aromatic heterocycles. The summed E-state index contributed by atoms with van der Waals surface area (Å²) in [5, 5.41) is 3.89. The SMILES string of the molecule is c1ccc2c(c1)-c1ccc(Nc3ccc4c(c3)C3(c5ccccc5-c5ccccc53)c3ccccc3-4)cc1C21CCCCC1. The van der Waals surface area contributed by atoms with E-state index in [0.717, 1.165) is 5.69 Å². The number of anilines is 2. The van der Waals surface area contributed by atoms with E-state index in [0.29, 0.717) is 0 Å². The lowest BCUT2D eigenvalue weighted by molar-refractivity contribution is 0.353. The van der Waals surface area contributed by atoms with Gasteiger partial charge in [0.2, 0.25) is 0 Å². The molecule has 2 spiro atoms. The molecule has 1 fully saturated rings. The maximum atomic E-state index is 3.89. The number of benzene rings is 6. The van der Waals surface area contributed by atoms with Crippen molar-refractivity contribution in [2.75, 3.05) is 5.32 Å². The molecule has 0 heterocycles. The molecule has 0 atom stereocenters. The van der Waals surface area contributed by atoms with Gasteiger partial charge in [-0.1, -0.05) is 128 Å². The van der Waals surface area contributed by atoms with Gasteiger partial charge in [0.25, 0.3) is 0 Å². The fourth-order valence-electron chi connectivity index (χ4n) is 9.57. The third kappa shape index (κ3) is 3.00. The molecule has 0 amide bonds. The molecule has 10 rings (SSSR count). The zero-order chi connectivity index (χ0) is 28.9. The summed E-state index contributed by atoms with van der Waals surface area (Å²) >= 11 is 0. The first-order chi connectivity index (χ1) is 21.8. The van der Waals surface area contributed by atoms with Crippen LogP contribution in [0.4, 0.5) is 11.4 Å². The minimum atomic E-state index is -0.317. The Bertz CT molecular complexity index is 2080. The minimum Gasteiger partial charge on any atom is -0.356 e. The molecule has 6 aromatic rings. The molecule has 1 N–H and O–H groups in total. The lowest BCUT2D eigenvalue weighted by atomic mass is 9.68. The maximum absolute atomic E-state index is 3.89. The monoisotopic (exact) mass is 563 g/mol. The molecule has 0 unspecified atom stereocenters. The van der Waals surface area contributed by atoms with Gasteiger partial charge in [-0.05, 0) is 104 Å². The van der Waals surface area contributed by atoms with E-state index in [1.54, 1.807) is 5.56 Å². The van der Waals surface area contributed by atoms with Crippen LogP contribution < -0.4 is 5.32 Å². The molecule has 44 heavy (non-hydrogen) atoms. The summed E-state index contributed by atoms with van der Waals surface area (Å²) in [4.78, 5) is 0. The molecule has 0 radical (unpaired) electrons. The summed E-state index contributed by atoms with van der Waals surface area (Å²) in [7, 11) is 0. The number of hydrogen-bond donors (Lipinski definition) is 1. The molecule has 1 saturated carbocycles. The molecule has 210 valence electrons. The second-order valence-corrected chi connectivity index (χ2v) is 13.2. The van der Waals surface area contributed by atoms with E-state index >= 15 is 0 Å². The van der Waals surface area contributed by atoms with Crippen LogP contribution in [0.1, 0.15) is 65.5 Å². The summed E-state index contributed by atoms with van der Waals surface area (Å²) in [6.45, 7) is 0. The first-order valence-electron chi connectivity index (χ1n) is 16.2. The highest BCUT2D eigenvalue weighted by Gasteiger charge is 2.51. The Morgan fingerprint density at radius 1 is 0.364 bits per heavy atom. The van der Waals surface area contributed by atoms with E-state index in [9.17, 15) is 0 Å². The van der Waals surface area contributed by atoms with E-state index in [-0.39, 0.29) is 10.8 Å². The third-order valence-corrected chi connectivity index (χ3v) is 11.3. The number of fused-ring (bicyclic) bond motifs is 15. The summed E-state index contributed by atoms with van der Waals surface area (Å²) < 4.78 is 0. The van der Waals surface area contributed by atoms with Crippen LogP contribution in [0, 0.1) is 0 Å². The number of nitrogens with one attached hydrogen (secondary N) is 1. The molecule has 1 nitrogen and oxygen atoms in total. The Morgan fingerprint density at radius 3 is 1.32 bits per heavy atom. The first kappa shape index (κ1) is 24.6. The van der Waals surface area contributed by atoms with Crippen molar-refractivity contribution >= 4 is 11.4 Å². The van der Waals surface area contributed by atoms with Gasteiger partial charge in [-0.3, -0.25) is 0 Å². The molecule has 6 aromatic carbocycles. The molecular weight excluding hydrogens is 530 g/mol. The zero-order valence-electron chi connectivity index (χ0n) is 24.7. The fourth-order valence-corrected chi connectivity index (χ4v) is 9.57. The van der Waals surface area contributed by atoms with E-state index in [1.165, 1.54) is 99.0 Å². The second-order valence-electron chi connectivity index (χ2n) is 13.2. The molecule has 4 aliphatic carbocycles. The first-order valence-corrected chi connectivity index (χ1v) is 16.2. The summed E-state index contributed by atoms with van der Waals surface area (Å²) in [6, 6.07) is 50.5. The van der Waals surface area contributed by atoms with Gasteiger partial charge >= 0.3 is 0 Å². The van der Waals surface area contributed by atoms with Gasteiger partial charge in [0.05, 0.1) is 5.41 Å². The Morgan fingerprint density at radius 2 is 0.773 bits per heavy atom. The highest BCUT2D eigenvalue weighted by molar-refractivity contribution is 5.95. The van der Waals surface area contributed by atoms with Gasteiger partial charge in [0, 0.05) is 16.8 Å². The van der Waals surface area contributed by atoms with E-state index in [1.807, 2.05) is 0 Å². The van der Waals surface area contributed by atoms with Crippen molar-refractivity contribution in [1.29, 1.82) is 0 Å². The highest BCUT2D eigenvalue weighted by Crippen LogP contribution is 2.63. The van der Waals surface area contributed by atoms with Crippen LogP contribution in [0.25, 0.3) is 33.4 Å². The van der Waals surface area contributed by atoms with Crippen LogP contribution in [0.15, 0.2) is 133 Å². The predicted octanol–water partition coefficient (Wildman–Crippen LogP) is 11.0. The molecule has 0 saturated heterocycles. The van der Waals surface area contributed by atoms with Crippen molar-refractivity contribution < 1.29 is 0 Å². The predicted molar refractivity (Wildman–Crippen MR) is 182 cm³/mol. The van der Waals surface area contributed by atoms with Crippen molar-refractivity contribution in [1.82, 2.24) is 0 Å². The van der Waals surface area contributed by atoms with Gasteiger partial charge in [0.1, 0.15) is 0 Å². The summed E-state index contributed by atoms with van der Waals surface area (Å²) in [6.07, 6.45) is 6.46. The largest absolute Gasteiger partial charge is 0.356 e. The third-order valence-electron chi connectivity index (χ3n) is 11.3. The standard InChI is InChI=1S/C43H33N/c1-10-24-42(25-11-1)36-16-6-2-12-30(36)34-22-20-28(26-40(34)42)44-29-21-23-35-33-15-5-9-19-39(33)43(41(35)27-29)37-17-7-3-13-31(37)32-14-4-8-18-38(32)43/h2-9,12-23,26-27,44H,1,10-11,24-25H2. The smallest absolute Gasteiger partial charge is 0.0726 e. The molecule has 4 aliphatic rings. The van der Waals surface area contributed by atoms with Crippen LogP contribution in [0.5, 0.6) is 0 Å². The quantitative estimate of drug-likeness (QED) is 0.221. The van der Waals surface area contributed by atoms with Crippen LogP contribution in [-0.2, 0) is 10.8 Å². The van der Waals surface area contributed by atoms with Crippen molar-refractivity contribution in [3.63, 3.8) is 0 Å². The molecule has 0 aliphatic heterocycles. The minimum absolute atomic E-state index is 0.156. The average Bonchev–Trinajstić information content (AvgIpc) is 3.65. The van der Waals surface area contributed by atoms with Crippen LogP contribution in [-0.4, -0.2) is 0 Å². The van der Waals surface area contributed by atoms with Crippen LogP contribution >= 0.6 is 0 Å². The van der Waals surface area contributed by atoms with Gasteiger partial charge < -0.3 is 5.32 Å². The summed E-state index contributed by atoms with van der Waals surface area (Å²) in [5.41, 5.74) is 19.0. The van der Waals surface area contributed by atoms with Gasteiger partial charge in [-0.15, -0.1) is 0 Å². The topological polar surface area (TPSA) is 12.0 Å². The van der Waals surface area contributed by atoms with Crippen molar-refractivity contribution in [2.45, 2.75) is 42.9 Å². The normalized spacial score (nSPS) is 17.0. The average molecular weight is 564 g/mol. The molecule has 1 heteroatoms. The number of rotatable bonds is 2. The van der Waals surface area contributed by atoms with Gasteiger partial charge in [-0.25, -0.2) is 0 Å². The van der Waals surface area contributed by atoms with E-state index in [2.05, 4.69) is 139 Å². The lowest BCUT2D eigenvalue weighted by Crippen LogP contribution is -2.28. The highest BCUT2D eigenvalue weighted by atomic mass is 14.9. The Kier molecular flexibility index (Phi) is 4.93. The molecular formula is C43H33N. The summed E-state index contributed by atoms with van der Waals surface area (Å²) in [5.74, 6) is 0.